The third-order valence-corrected chi connectivity index (χ3v) is 5.24. The van der Waals surface area contributed by atoms with Crippen LogP contribution in [0, 0.1) is 13.8 Å². The Morgan fingerprint density at radius 3 is 2.28 bits per heavy atom. The number of likely N-dealkylation sites (tertiary alicyclic amines) is 1. The summed E-state index contributed by atoms with van der Waals surface area (Å²) in [4.78, 5) is 29.0. The van der Waals surface area contributed by atoms with Crippen LogP contribution in [0.5, 0.6) is 5.75 Å². The van der Waals surface area contributed by atoms with E-state index in [2.05, 4.69) is 11.0 Å². The minimum Gasteiger partial charge on any atom is -0.492 e. The van der Waals surface area contributed by atoms with Crippen molar-refractivity contribution < 1.29 is 19.4 Å². The summed E-state index contributed by atoms with van der Waals surface area (Å²) in [6.45, 7) is 7.18. The Morgan fingerprint density at radius 1 is 1.14 bits per heavy atom. The molecule has 0 aromatic heterocycles. The van der Waals surface area contributed by atoms with E-state index < -0.39 is 5.97 Å². The monoisotopic (exact) mass is 427 g/mol. The Kier molecular flexibility index (Phi) is 10.4. The second-order valence-electron chi connectivity index (χ2n) is 7.80. The van der Waals surface area contributed by atoms with Crippen LogP contribution in [0.1, 0.15) is 24.0 Å². The molecule has 1 N–H and O–H groups in total. The fourth-order valence-electron chi connectivity index (χ4n) is 3.61. The van der Waals surface area contributed by atoms with Crippen molar-refractivity contribution in [3.8, 4) is 5.75 Å². The van der Waals surface area contributed by atoms with Crippen molar-refractivity contribution in [2.24, 2.45) is 0 Å². The number of ether oxygens (including phenoxy) is 1. The highest BCUT2D eigenvalue weighted by atomic mass is 35.5. The lowest BCUT2D eigenvalue weighted by molar-refractivity contribution is -0.138. The van der Waals surface area contributed by atoms with Gasteiger partial charge in [-0.3, -0.25) is 19.4 Å². The van der Waals surface area contributed by atoms with E-state index in [4.69, 9.17) is 9.84 Å². The Hall–Kier alpha value is -1.83. The molecule has 1 amide bonds. The zero-order valence-corrected chi connectivity index (χ0v) is 18.7. The van der Waals surface area contributed by atoms with Gasteiger partial charge >= 0.3 is 5.97 Å². The number of aryl methyl sites for hydroxylation is 2. The fourth-order valence-corrected chi connectivity index (χ4v) is 3.61. The summed E-state index contributed by atoms with van der Waals surface area (Å²) in [6, 6.07) is 6.37. The predicted molar refractivity (Wildman–Crippen MR) is 116 cm³/mol. The minimum absolute atomic E-state index is 0. The Morgan fingerprint density at radius 2 is 1.72 bits per heavy atom. The van der Waals surface area contributed by atoms with Gasteiger partial charge in [-0.05, 0) is 57.0 Å². The van der Waals surface area contributed by atoms with Crippen molar-refractivity contribution in [3.63, 3.8) is 0 Å². The maximum atomic E-state index is 12.5. The van der Waals surface area contributed by atoms with Gasteiger partial charge in [-0.15, -0.1) is 12.4 Å². The van der Waals surface area contributed by atoms with E-state index >= 15 is 0 Å². The van der Waals surface area contributed by atoms with Crippen molar-refractivity contribution in [2.75, 3.05) is 53.4 Å². The molecule has 1 aliphatic rings. The number of piperidine rings is 1. The lowest BCUT2D eigenvalue weighted by Gasteiger charge is -2.36. The minimum atomic E-state index is -0.801. The lowest BCUT2D eigenvalue weighted by atomic mass is 10.0. The van der Waals surface area contributed by atoms with Crippen LogP contribution in [-0.2, 0) is 9.59 Å². The summed E-state index contributed by atoms with van der Waals surface area (Å²) in [5.74, 6) is 0.122. The molecule has 29 heavy (non-hydrogen) atoms. The van der Waals surface area contributed by atoms with Crippen molar-refractivity contribution >= 4 is 24.3 Å². The number of aliphatic carboxylic acids is 1. The molecule has 7 nitrogen and oxygen atoms in total. The van der Waals surface area contributed by atoms with Gasteiger partial charge in [-0.2, -0.15) is 0 Å². The first-order valence-electron chi connectivity index (χ1n) is 9.84. The number of nitrogens with zero attached hydrogens (tertiary/aromatic N) is 3. The first kappa shape index (κ1) is 25.2. The molecule has 0 radical (unpaired) electrons. The van der Waals surface area contributed by atoms with E-state index in [-0.39, 0.29) is 30.9 Å². The van der Waals surface area contributed by atoms with Crippen LogP contribution in [0.25, 0.3) is 0 Å². The standard InChI is InChI=1S/C21H33N3O4.ClH/c1-16-11-17(2)13-19(12-16)28-10-9-22(3)20(25)14-24-7-5-18(6-8-24)23(4)15-21(26)27;/h11-13,18H,5-10,14-15H2,1-4H3,(H,26,27);1H. The second kappa shape index (κ2) is 12.0. The van der Waals surface area contributed by atoms with E-state index in [1.807, 2.05) is 37.9 Å². The largest absolute Gasteiger partial charge is 0.492 e. The molecule has 0 aliphatic carbocycles. The molecule has 1 fully saturated rings. The number of carboxylic acids is 1. The molecule has 0 saturated carbocycles. The van der Waals surface area contributed by atoms with Gasteiger partial charge in [0.15, 0.2) is 0 Å². The van der Waals surface area contributed by atoms with E-state index in [1.165, 1.54) is 0 Å². The number of hydrogen-bond acceptors (Lipinski definition) is 5. The van der Waals surface area contributed by atoms with E-state index in [0.717, 1.165) is 42.8 Å². The first-order chi connectivity index (χ1) is 13.2. The molecule has 1 aliphatic heterocycles. The van der Waals surface area contributed by atoms with Gasteiger partial charge in [0, 0.05) is 26.2 Å². The number of rotatable bonds is 9. The highest BCUT2D eigenvalue weighted by Gasteiger charge is 2.25. The van der Waals surface area contributed by atoms with Crippen LogP contribution in [0.3, 0.4) is 0 Å². The Labute approximate surface area is 180 Å². The zero-order valence-electron chi connectivity index (χ0n) is 17.9. The maximum absolute atomic E-state index is 12.5. The summed E-state index contributed by atoms with van der Waals surface area (Å²) < 4.78 is 5.79. The number of carboxylic acid groups (broad SMARTS) is 1. The van der Waals surface area contributed by atoms with Crippen LogP contribution in [-0.4, -0.2) is 91.2 Å². The van der Waals surface area contributed by atoms with Crippen LogP contribution in [0.4, 0.5) is 0 Å². The zero-order chi connectivity index (χ0) is 20.7. The van der Waals surface area contributed by atoms with Gasteiger partial charge in [0.2, 0.25) is 5.91 Å². The van der Waals surface area contributed by atoms with Crippen LogP contribution < -0.4 is 4.74 Å². The number of carbonyl (C=O) groups excluding carboxylic acids is 1. The summed E-state index contributed by atoms with van der Waals surface area (Å²) in [5.41, 5.74) is 2.33. The summed E-state index contributed by atoms with van der Waals surface area (Å²) in [7, 11) is 3.66. The van der Waals surface area contributed by atoms with Crippen molar-refractivity contribution in [1.29, 1.82) is 0 Å². The highest BCUT2D eigenvalue weighted by Crippen LogP contribution is 2.17. The molecule has 0 atom stereocenters. The third kappa shape index (κ3) is 8.60. The second-order valence-corrected chi connectivity index (χ2v) is 7.80. The number of amides is 1. The van der Waals surface area contributed by atoms with Crippen molar-refractivity contribution in [1.82, 2.24) is 14.7 Å². The van der Waals surface area contributed by atoms with Gasteiger partial charge in [0.05, 0.1) is 19.6 Å². The van der Waals surface area contributed by atoms with Crippen LogP contribution >= 0.6 is 12.4 Å². The predicted octanol–water partition coefficient (Wildman–Crippen LogP) is 2.04. The van der Waals surface area contributed by atoms with Crippen LogP contribution in [0.2, 0.25) is 0 Å². The average molecular weight is 428 g/mol. The highest BCUT2D eigenvalue weighted by molar-refractivity contribution is 5.85. The smallest absolute Gasteiger partial charge is 0.317 e. The SMILES string of the molecule is Cc1cc(C)cc(OCCN(C)C(=O)CN2CCC(N(C)CC(=O)O)CC2)c1.Cl. The van der Waals surface area contributed by atoms with Crippen molar-refractivity contribution in [2.45, 2.75) is 32.7 Å². The molecule has 1 saturated heterocycles. The van der Waals surface area contributed by atoms with E-state index in [1.54, 1.807) is 11.9 Å². The van der Waals surface area contributed by atoms with Gasteiger partial charge < -0.3 is 14.7 Å². The molecule has 2 rings (SSSR count). The van der Waals surface area contributed by atoms with Gasteiger partial charge in [0.25, 0.3) is 0 Å². The van der Waals surface area contributed by atoms with E-state index in [0.29, 0.717) is 19.7 Å². The van der Waals surface area contributed by atoms with Crippen molar-refractivity contribution in [3.05, 3.63) is 29.3 Å². The quantitative estimate of drug-likeness (QED) is 0.650. The topological polar surface area (TPSA) is 73.3 Å². The fraction of sp³-hybridized carbons (Fsp3) is 0.619. The average Bonchev–Trinajstić information content (AvgIpc) is 2.60. The number of benzene rings is 1. The summed E-state index contributed by atoms with van der Waals surface area (Å²) >= 11 is 0. The lowest BCUT2D eigenvalue weighted by Crippen LogP contribution is -2.48. The Bertz CT molecular complexity index is 658. The summed E-state index contributed by atoms with van der Waals surface area (Å²) in [5, 5.41) is 8.90. The molecule has 8 heteroatoms. The molecule has 1 aromatic rings. The summed E-state index contributed by atoms with van der Waals surface area (Å²) in [6.07, 6.45) is 1.77. The molecular weight excluding hydrogens is 394 g/mol. The number of halogens is 1. The molecule has 1 aromatic carbocycles. The first-order valence-corrected chi connectivity index (χ1v) is 9.84. The number of likely N-dealkylation sites (N-methyl/N-ethyl adjacent to an activating group) is 2. The number of carbonyl (C=O) groups is 2. The Balaban J connectivity index is 0.00000420. The van der Waals surface area contributed by atoms with Gasteiger partial charge in [-0.1, -0.05) is 6.07 Å². The van der Waals surface area contributed by atoms with Gasteiger partial charge in [-0.25, -0.2) is 0 Å². The van der Waals surface area contributed by atoms with Crippen LogP contribution in [0.15, 0.2) is 18.2 Å². The maximum Gasteiger partial charge on any atom is 0.317 e. The molecule has 0 bridgehead atoms. The van der Waals surface area contributed by atoms with Gasteiger partial charge in [0.1, 0.15) is 12.4 Å². The third-order valence-electron chi connectivity index (χ3n) is 5.24. The van der Waals surface area contributed by atoms with E-state index in [9.17, 15) is 9.59 Å². The molecule has 0 spiro atoms. The molecule has 1 heterocycles. The normalized spacial score (nSPS) is 15.1. The molecule has 164 valence electrons. The number of hydrogen-bond donors (Lipinski definition) is 1. The molecule has 0 unspecified atom stereocenters. The molecular formula is C21H34ClN3O4.